The van der Waals surface area contributed by atoms with Crippen LogP contribution < -0.4 is 14.4 Å². The number of fused-ring (bicyclic) bond motifs is 1. The summed E-state index contributed by atoms with van der Waals surface area (Å²) in [7, 11) is 0. The van der Waals surface area contributed by atoms with Gasteiger partial charge in [-0.15, -0.1) is 0 Å². The molecule has 0 aliphatic carbocycles. The van der Waals surface area contributed by atoms with E-state index in [0.717, 1.165) is 23.2 Å². The lowest BCUT2D eigenvalue weighted by Gasteiger charge is -2.17. The summed E-state index contributed by atoms with van der Waals surface area (Å²) in [6, 6.07) is 22.7. The summed E-state index contributed by atoms with van der Waals surface area (Å²) in [5, 5.41) is 10.4. The van der Waals surface area contributed by atoms with Gasteiger partial charge in [-0.25, -0.2) is 0 Å². The molecule has 1 aliphatic heterocycles. The highest BCUT2D eigenvalue weighted by atomic mass is 35.5. The third-order valence-electron chi connectivity index (χ3n) is 5.37. The van der Waals surface area contributed by atoms with E-state index in [1.807, 2.05) is 61.5 Å². The zero-order chi connectivity index (χ0) is 23.2. The lowest BCUT2D eigenvalue weighted by atomic mass is 10.1. The van der Waals surface area contributed by atoms with Crippen LogP contribution in [-0.2, 0) is 17.8 Å². The number of benzene rings is 3. The van der Waals surface area contributed by atoms with Crippen molar-refractivity contribution in [3.63, 3.8) is 0 Å². The number of rotatable bonds is 7. The van der Waals surface area contributed by atoms with Gasteiger partial charge in [-0.05, 0) is 66.4 Å². The minimum absolute atomic E-state index is 0.0731. The maximum atomic E-state index is 13.1. The fourth-order valence-electron chi connectivity index (χ4n) is 3.75. The van der Waals surface area contributed by atoms with Crippen LogP contribution in [-0.4, -0.2) is 19.1 Å². The first-order valence-corrected chi connectivity index (χ1v) is 11.1. The molecule has 0 saturated carbocycles. The minimum atomic E-state index is -0.302. The van der Waals surface area contributed by atoms with Gasteiger partial charge in [0.05, 0.1) is 6.61 Å². The Bertz CT molecular complexity index is 1230. The summed E-state index contributed by atoms with van der Waals surface area (Å²) >= 11 is 5.94. The van der Waals surface area contributed by atoms with Gasteiger partial charge in [-0.1, -0.05) is 48.0 Å². The minimum Gasteiger partial charge on any atom is -0.490 e. The number of halogens is 1. The molecule has 0 bridgehead atoms. The predicted octanol–water partition coefficient (Wildman–Crippen LogP) is 5.81. The van der Waals surface area contributed by atoms with E-state index in [2.05, 4.69) is 6.07 Å². The van der Waals surface area contributed by atoms with Crippen LogP contribution in [0.3, 0.4) is 0 Å². The molecule has 5 nitrogen and oxygen atoms in total. The van der Waals surface area contributed by atoms with Crippen LogP contribution in [0.5, 0.6) is 11.5 Å². The van der Waals surface area contributed by atoms with Crippen LogP contribution in [0.1, 0.15) is 23.6 Å². The summed E-state index contributed by atoms with van der Waals surface area (Å²) in [4.78, 5) is 14.7. The highest BCUT2D eigenvalue weighted by Gasteiger charge is 2.26. The molecule has 3 aromatic rings. The Hall–Kier alpha value is -3.75. The number of hydrogen-bond acceptors (Lipinski definition) is 4. The van der Waals surface area contributed by atoms with Crippen molar-refractivity contribution in [1.82, 2.24) is 0 Å². The fraction of sp³-hybridized carbons (Fsp3) is 0.185. The Morgan fingerprint density at radius 3 is 2.64 bits per heavy atom. The molecule has 0 N–H and O–H groups in total. The molecule has 1 aliphatic rings. The van der Waals surface area contributed by atoms with Crippen LogP contribution in [0.2, 0.25) is 5.02 Å². The molecule has 33 heavy (non-hydrogen) atoms. The summed E-state index contributed by atoms with van der Waals surface area (Å²) < 4.78 is 11.7. The van der Waals surface area contributed by atoms with Crippen molar-refractivity contribution in [3.8, 4) is 17.6 Å². The molecule has 6 heteroatoms. The normalized spacial score (nSPS) is 12.8. The Kier molecular flexibility index (Phi) is 6.97. The molecule has 0 spiro atoms. The van der Waals surface area contributed by atoms with Gasteiger partial charge in [0.15, 0.2) is 11.5 Å². The SMILES string of the molecule is CCOc1cc(/C=C(\C#N)C(=O)N2CCc3ccccc32)ccc1OCc1ccc(Cl)cc1. The number of anilines is 1. The van der Waals surface area contributed by atoms with Gasteiger partial charge in [0.1, 0.15) is 18.2 Å². The highest BCUT2D eigenvalue weighted by Crippen LogP contribution is 2.32. The van der Waals surface area contributed by atoms with Crippen molar-refractivity contribution in [2.75, 3.05) is 18.1 Å². The topological polar surface area (TPSA) is 62.6 Å². The molecule has 0 atom stereocenters. The lowest BCUT2D eigenvalue weighted by molar-refractivity contribution is -0.114. The van der Waals surface area contributed by atoms with Gasteiger partial charge < -0.3 is 14.4 Å². The first kappa shape index (κ1) is 22.4. The Balaban J connectivity index is 1.55. The van der Waals surface area contributed by atoms with Crippen molar-refractivity contribution in [2.24, 2.45) is 0 Å². The maximum Gasteiger partial charge on any atom is 0.268 e. The van der Waals surface area contributed by atoms with Crippen molar-refractivity contribution >= 4 is 29.3 Å². The van der Waals surface area contributed by atoms with Gasteiger partial charge >= 0.3 is 0 Å². The number of ether oxygens (including phenoxy) is 2. The molecule has 0 aromatic heterocycles. The lowest BCUT2D eigenvalue weighted by Crippen LogP contribution is -2.29. The monoisotopic (exact) mass is 458 g/mol. The maximum absolute atomic E-state index is 13.1. The number of nitriles is 1. The first-order chi connectivity index (χ1) is 16.1. The first-order valence-electron chi connectivity index (χ1n) is 10.7. The summed E-state index contributed by atoms with van der Waals surface area (Å²) in [5.41, 5.74) is 3.72. The van der Waals surface area contributed by atoms with Crippen molar-refractivity contribution < 1.29 is 14.3 Å². The van der Waals surface area contributed by atoms with Gasteiger partial charge in [-0.2, -0.15) is 5.26 Å². The van der Waals surface area contributed by atoms with Crippen LogP contribution >= 0.6 is 11.6 Å². The van der Waals surface area contributed by atoms with Gasteiger partial charge in [0.2, 0.25) is 0 Å². The Labute approximate surface area is 198 Å². The standard InChI is InChI=1S/C27H23ClN2O3/c1-2-32-26-16-20(9-12-25(26)33-18-19-7-10-23(28)11-8-19)15-22(17-29)27(31)30-14-13-21-5-3-4-6-24(21)30/h3-12,15-16H,2,13-14,18H2,1H3/b22-15+. The second kappa shape index (κ2) is 10.2. The molecule has 4 rings (SSSR count). The fourth-order valence-corrected chi connectivity index (χ4v) is 3.87. The number of hydrogen-bond donors (Lipinski definition) is 0. The van der Waals surface area contributed by atoms with E-state index >= 15 is 0 Å². The zero-order valence-electron chi connectivity index (χ0n) is 18.3. The second-order valence-corrected chi connectivity index (χ2v) is 8.00. The van der Waals surface area contributed by atoms with Crippen molar-refractivity contribution in [3.05, 3.63) is 94.0 Å². The molecule has 0 saturated heterocycles. The number of nitrogens with zero attached hydrogens (tertiary/aromatic N) is 2. The Morgan fingerprint density at radius 1 is 1.09 bits per heavy atom. The van der Waals surface area contributed by atoms with Crippen LogP contribution in [0, 0.1) is 11.3 Å². The average molecular weight is 459 g/mol. The summed E-state index contributed by atoms with van der Waals surface area (Å²) in [5.74, 6) is 0.835. The third-order valence-corrected chi connectivity index (χ3v) is 5.62. The smallest absolute Gasteiger partial charge is 0.268 e. The molecule has 166 valence electrons. The van der Waals surface area contributed by atoms with E-state index < -0.39 is 0 Å². The zero-order valence-corrected chi connectivity index (χ0v) is 19.0. The van der Waals surface area contributed by atoms with E-state index in [-0.39, 0.29) is 11.5 Å². The van der Waals surface area contributed by atoms with E-state index in [4.69, 9.17) is 21.1 Å². The van der Waals surface area contributed by atoms with Gasteiger partial charge in [0.25, 0.3) is 5.91 Å². The molecule has 3 aromatic carbocycles. The molecular weight excluding hydrogens is 436 g/mol. The molecular formula is C27H23ClN2O3. The average Bonchev–Trinajstić information content (AvgIpc) is 3.27. The molecule has 0 unspecified atom stereocenters. The van der Waals surface area contributed by atoms with Crippen molar-refractivity contribution in [1.29, 1.82) is 5.26 Å². The number of amides is 1. The molecule has 1 amide bonds. The number of carbonyl (C=O) groups is 1. The van der Waals surface area contributed by atoms with E-state index in [1.54, 1.807) is 23.1 Å². The second-order valence-electron chi connectivity index (χ2n) is 7.56. The van der Waals surface area contributed by atoms with E-state index in [0.29, 0.717) is 41.8 Å². The summed E-state index contributed by atoms with van der Waals surface area (Å²) in [6.07, 6.45) is 2.38. The molecule has 0 fully saturated rings. The molecule has 1 heterocycles. The third kappa shape index (κ3) is 5.19. The Morgan fingerprint density at radius 2 is 1.88 bits per heavy atom. The van der Waals surface area contributed by atoms with Crippen LogP contribution in [0.15, 0.2) is 72.3 Å². The quantitative estimate of drug-likeness (QED) is 0.331. The predicted molar refractivity (Wildman–Crippen MR) is 129 cm³/mol. The van der Waals surface area contributed by atoms with E-state index in [1.165, 1.54) is 0 Å². The number of para-hydroxylation sites is 1. The van der Waals surface area contributed by atoms with Crippen molar-refractivity contribution in [2.45, 2.75) is 20.0 Å². The van der Waals surface area contributed by atoms with Gasteiger partial charge in [-0.3, -0.25) is 4.79 Å². The highest BCUT2D eigenvalue weighted by molar-refractivity contribution is 6.30. The van der Waals surface area contributed by atoms with Crippen LogP contribution in [0.25, 0.3) is 6.08 Å². The number of carbonyl (C=O) groups excluding carboxylic acids is 1. The largest absolute Gasteiger partial charge is 0.490 e. The van der Waals surface area contributed by atoms with E-state index in [9.17, 15) is 10.1 Å². The van der Waals surface area contributed by atoms with Gasteiger partial charge in [0, 0.05) is 17.3 Å². The van der Waals surface area contributed by atoms with Crippen LogP contribution in [0.4, 0.5) is 5.69 Å². The summed E-state index contributed by atoms with van der Waals surface area (Å²) in [6.45, 7) is 3.28. The molecule has 0 radical (unpaired) electrons.